The van der Waals surface area contributed by atoms with Crippen LogP contribution in [0.15, 0.2) is 12.1 Å². The van der Waals surface area contributed by atoms with Gasteiger partial charge < -0.3 is 10.1 Å². The molecule has 4 nitrogen and oxygen atoms in total. The summed E-state index contributed by atoms with van der Waals surface area (Å²) in [4.78, 5) is 23.9. The molecule has 0 aromatic carbocycles. The van der Waals surface area contributed by atoms with Gasteiger partial charge in [0.25, 0.3) is 5.91 Å². The van der Waals surface area contributed by atoms with Crippen LogP contribution in [0.5, 0.6) is 0 Å². The lowest BCUT2D eigenvalue weighted by Gasteiger charge is -2.26. The van der Waals surface area contributed by atoms with Gasteiger partial charge in [-0.3, -0.25) is 4.79 Å². The maximum atomic E-state index is 11.9. The van der Waals surface area contributed by atoms with E-state index in [9.17, 15) is 9.59 Å². The number of nitrogens with one attached hydrogen (secondary N) is 1. The van der Waals surface area contributed by atoms with E-state index in [1.54, 1.807) is 26.0 Å². The van der Waals surface area contributed by atoms with E-state index in [0.717, 1.165) is 0 Å². The molecule has 1 N–H and O–H groups in total. The van der Waals surface area contributed by atoms with Gasteiger partial charge in [-0.2, -0.15) is 0 Å². The standard InChI is InChI=1S/C11H14ClNO3S/c1-4-11(2,10(15)16-3)13-9(14)7-5-6-8(12)17-7/h5-6H,4H2,1-3H3,(H,13,14)/t11-/m0/s1. The highest BCUT2D eigenvalue weighted by atomic mass is 35.5. The molecule has 0 aliphatic carbocycles. The number of ether oxygens (including phenoxy) is 1. The molecule has 0 saturated heterocycles. The second-order valence-corrected chi connectivity index (χ2v) is 5.45. The molecule has 1 aromatic heterocycles. The zero-order valence-corrected chi connectivity index (χ0v) is 11.4. The highest BCUT2D eigenvalue weighted by Crippen LogP contribution is 2.22. The third-order valence-corrected chi connectivity index (χ3v) is 3.76. The fourth-order valence-corrected chi connectivity index (χ4v) is 2.20. The van der Waals surface area contributed by atoms with Gasteiger partial charge in [-0.25, -0.2) is 4.79 Å². The van der Waals surface area contributed by atoms with Gasteiger partial charge in [0.1, 0.15) is 5.54 Å². The van der Waals surface area contributed by atoms with E-state index in [0.29, 0.717) is 15.6 Å². The summed E-state index contributed by atoms with van der Waals surface area (Å²) in [6.07, 6.45) is 0.449. The predicted molar refractivity (Wildman–Crippen MR) is 67.5 cm³/mol. The summed E-state index contributed by atoms with van der Waals surface area (Å²) in [5, 5.41) is 2.66. The van der Waals surface area contributed by atoms with Crippen molar-refractivity contribution >= 4 is 34.8 Å². The van der Waals surface area contributed by atoms with Crippen LogP contribution in [0.3, 0.4) is 0 Å². The average molecular weight is 276 g/mol. The largest absolute Gasteiger partial charge is 0.467 e. The summed E-state index contributed by atoms with van der Waals surface area (Å²) in [7, 11) is 1.30. The third kappa shape index (κ3) is 3.20. The Hall–Kier alpha value is -1.07. The minimum Gasteiger partial charge on any atom is -0.467 e. The summed E-state index contributed by atoms with van der Waals surface area (Å²) in [5.41, 5.74) is -1.01. The molecule has 0 bridgehead atoms. The maximum absolute atomic E-state index is 11.9. The van der Waals surface area contributed by atoms with Crippen LogP contribution in [0, 0.1) is 0 Å². The van der Waals surface area contributed by atoms with E-state index in [-0.39, 0.29) is 5.91 Å². The van der Waals surface area contributed by atoms with Crippen LogP contribution in [0.4, 0.5) is 0 Å². The molecule has 0 saturated carbocycles. The van der Waals surface area contributed by atoms with Crippen LogP contribution in [0.2, 0.25) is 4.34 Å². The molecule has 1 aromatic rings. The van der Waals surface area contributed by atoms with Crippen LogP contribution >= 0.6 is 22.9 Å². The van der Waals surface area contributed by atoms with Crippen molar-refractivity contribution in [2.45, 2.75) is 25.8 Å². The molecule has 0 aliphatic heterocycles. The van der Waals surface area contributed by atoms with E-state index < -0.39 is 11.5 Å². The molecule has 6 heteroatoms. The van der Waals surface area contributed by atoms with Crippen LogP contribution < -0.4 is 5.32 Å². The van der Waals surface area contributed by atoms with E-state index >= 15 is 0 Å². The predicted octanol–water partition coefficient (Wildman–Crippen LogP) is 2.47. The van der Waals surface area contributed by atoms with Crippen molar-refractivity contribution < 1.29 is 14.3 Å². The number of hydrogen-bond donors (Lipinski definition) is 1. The molecule has 1 atom stereocenters. The van der Waals surface area contributed by atoms with E-state index in [1.807, 2.05) is 0 Å². The molecule has 1 amide bonds. The van der Waals surface area contributed by atoms with Crippen molar-refractivity contribution in [3.8, 4) is 0 Å². The zero-order valence-electron chi connectivity index (χ0n) is 9.87. The summed E-state index contributed by atoms with van der Waals surface area (Å²) >= 11 is 6.91. The van der Waals surface area contributed by atoms with Crippen molar-refractivity contribution in [3.05, 3.63) is 21.3 Å². The van der Waals surface area contributed by atoms with Gasteiger partial charge in [0, 0.05) is 0 Å². The van der Waals surface area contributed by atoms with Crippen molar-refractivity contribution in [2.24, 2.45) is 0 Å². The first kappa shape index (κ1) is 14.0. The number of methoxy groups -OCH3 is 1. The molecule has 0 unspecified atom stereocenters. The van der Waals surface area contributed by atoms with E-state index in [4.69, 9.17) is 11.6 Å². The van der Waals surface area contributed by atoms with Crippen molar-refractivity contribution in [2.75, 3.05) is 7.11 Å². The van der Waals surface area contributed by atoms with Gasteiger partial charge in [-0.05, 0) is 25.5 Å². The first-order valence-corrected chi connectivity index (χ1v) is 6.28. The molecule has 17 heavy (non-hydrogen) atoms. The second-order valence-electron chi connectivity index (χ2n) is 3.74. The topological polar surface area (TPSA) is 55.4 Å². The molecule has 0 spiro atoms. The maximum Gasteiger partial charge on any atom is 0.331 e. The lowest BCUT2D eigenvalue weighted by Crippen LogP contribution is -2.52. The van der Waals surface area contributed by atoms with Gasteiger partial charge in [-0.1, -0.05) is 18.5 Å². The fraction of sp³-hybridized carbons (Fsp3) is 0.455. The lowest BCUT2D eigenvalue weighted by molar-refractivity contribution is -0.147. The van der Waals surface area contributed by atoms with Gasteiger partial charge >= 0.3 is 5.97 Å². The third-order valence-electron chi connectivity index (χ3n) is 2.53. The highest BCUT2D eigenvalue weighted by Gasteiger charge is 2.34. The fourth-order valence-electron chi connectivity index (χ4n) is 1.26. The molecule has 94 valence electrons. The number of hydrogen-bond acceptors (Lipinski definition) is 4. The van der Waals surface area contributed by atoms with Crippen LogP contribution in [0.1, 0.15) is 29.9 Å². The van der Waals surface area contributed by atoms with Crippen molar-refractivity contribution in [3.63, 3.8) is 0 Å². The molecular formula is C11H14ClNO3S. The Kier molecular flexibility index (Phi) is 4.54. The Labute approximate surface area is 109 Å². The SMILES string of the molecule is CC[C@](C)(NC(=O)c1ccc(Cl)s1)C(=O)OC. The van der Waals surface area contributed by atoms with Gasteiger partial charge in [0.15, 0.2) is 0 Å². The number of thiophene rings is 1. The highest BCUT2D eigenvalue weighted by molar-refractivity contribution is 7.18. The molecule has 0 fully saturated rings. The minimum atomic E-state index is -1.01. The van der Waals surface area contributed by atoms with Crippen LogP contribution in [-0.4, -0.2) is 24.5 Å². The number of carbonyl (C=O) groups excluding carboxylic acids is 2. The Morgan fingerprint density at radius 2 is 2.18 bits per heavy atom. The Morgan fingerprint density at radius 1 is 1.53 bits per heavy atom. The average Bonchev–Trinajstić information content (AvgIpc) is 2.74. The first-order chi connectivity index (χ1) is 7.92. The number of carbonyl (C=O) groups is 2. The number of amides is 1. The van der Waals surface area contributed by atoms with E-state index in [1.165, 1.54) is 18.4 Å². The zero-order chi connectivity index (χ0) is 13.1. The van der Waals surface area contributed by atoms with Crippen LogP contribution in [-0.2, 0) is 9.53 Å². The summed E-state index contributed by atoms with van der Waals surface area (Å²) in [5.74, 6) is -0.785. The van der Waals surface area contributed by atoms with Gasteiger partial charge in [0.2, 0.25) is 0 Å². The van der Waals surface area contributed by atoms with E-state index in [2.05, 4.69) is 10.1 Å². The first-order valence-electron chi connectivity index (χ1n) is 5.09. The molecule has 0 radical (unpaired) electrons. The number of rotatable bonds is 4. The Morgan fingerprint density at radius 3 is 2.59 bits per heavy atom. The molecule has 1 rings (SSSR count). The number of halogens is 1. The van der Waals surface area contributed by atoms with Crippen molar-refractivity contribution in [1.29, 1.82) is 0 Å². The Balaban J connectivity index is 2.82. The second kappa shape index (κ2) is 5.51. The molecule has 1 heterocycles. The number of esters is 1. The monoisotopic (exact) mass is 275 g/mol. The quantitative estimate of drug-likeness (QED) is 0.859. The lowest BCUT2D eigenvalue weighted by atomic mass is 9.99. The van der Waals surface area contributed by atoms with Gasteiger partial charge in [0.05, 0.1) is 16.3 Å². The normalized spacial score (nSPS) is 13.9. The summed E-state index contributed by atoms with van der Waals surface area (Å²) in [6.45, 7) is 3.44. The Bertz CT molecular complexity index is 432. The smallest absolute Gasteiger partial charge is 0.331 e. The van der Waals surface area contributed by atoms with Gasteiger partial charge in [-0.15, -0.1) is 11.3 Å². The molecule has 0 aliphatic rings. The molecular weight excluding hydrogens is 262 g/mol. The minimum absolute atomic E-state index is 0.323. The van der Waals surface area contributed by atoms with Crippen molar-refractivity contribution in [1.82, 2.24) is 5.32 Å². The summed E-state index contributed by atoms with van der Waals surface area (Å²) in [6, 6.07) is 3.26. The summed E-state index contributed by atoms with van der Waals surface area (Å²) < 4.78 is 5.21. The van der Waals surface area contributed by atoms with Crippen LogP contribution in [0.25, 0.3) is 0 Å².